The molecule has 11 heavy (non-hydrogen) atoms. The number of hydrogen-bond acceptors (Lipinski definition) is 0. The fourth-order valence-electron chi connectivity index (χ4n) is 0. The zero-order chi connectivity index (χ0) is 8.00. The third-order valence-corrected chi connectivity index (χ3v) is 0. The van der Waals surface area contributed by atoms with Gasteiger partial charge in [-0.15, -0.1) is 39.5 Å². The van der Waals surface area contributed by atoms with E-state index in [2.05, 4.69) is 39.5 Å². The van der Waals surface area contributed by atoms with Crippen LogP contribution in [0.1, 0.15) is 36.1 Å². The molecule has 0 aromatic heterocycles. The second kappa shape index (κ2) is 1020. The highest BCUT2D eigenvalue weighted by Crippen LogP contribution is 1.14. The van der Waals surface area contributed by atoms with E-state index >= 15 is 0 Å². The topological polar surface area (TPSA) is 0 Å². The van der Waals surface area contributed by atoms with Crippen LogP contribution in [0.5, 0.6) is 0 Å². The van der Waals surface area contributed by atoms with Gasteiger partial charge in [0.15, 0.2) is 0 Å². The van der Waals surface area contributed by atoms with Crippen molar-refractivity contribution in [1.82, 2.24) is 0 Å². The Morgan fingerprint density at radius 3 is 0.455 bits per heavy atom. The van der Waals surface area contributed by atoms with Crippen molar-refractivity contribution in [3.8, 4) is 0 Å². The molecule has 0 aromatic carbocycles. The third kappa shape index (κ3) is 790. The number of rotatable bonds is 0. The lowest BCUT2D eigenvalue weighted by molar-refractivity contribution is 1.50. The average molecular weight is 162 g/mol. The van der Waals surface area contributed by atoms with E-state index in [4.69, 9.17) is 0 Å². The minimum atomic E-state index is 0. The van der Waals surface area contributed by atoms with Gasteiger partial charge in [-0.3, -0.25) is 0 Å². The van der Waals surface area contributed by atoms with Crippen LogP contribution >= 0.6 is 0 Å². The predicted octanol–water partition coefficient (Wildman–Crippen LogP) is 5.34. The van der Waals surface area contributed by atoms with Gasteiger partial charge in [0.25, 0.3) is 0 Å². The monoisotopic (exact) mass is 162 g/mol. The molecule has 0 fully saturated rings. The van der Waals surface area contributed by atoms with Crippen LogP contribution in [-0.2, 0) is 0 Å². The average Bonchev–Trinajstić information content (AvgIpc) is 2.03. The molecule has 0 bridgehead atoms. The van der Waals surface area contributed by atoms with Crippen molar-refractivity contribution in [1.29, 1.82) is 0 Å². The molecule has 0 saturated carbocycles. The highest BCUT2D eigenvalue weighted by atomic mass is 13.0. The smallest absolute Gasteiger partial charge is 0.0683 e. The molecule has 0 unspecified atom stereocenters. The van der Waals surface area contributed by atoms with Gasteiger partial charge >= 0.3 is 0 Å². The lowest BCUT2D eigenvalue weighted by atomic mass is 11.0. The molecule has 0 aliphatic heterocycles. The first kappa shape index (κ1) is 83.8. The van der Waals surface area contributed by atoms with Crippen molar-refractivity contribution in [3.05, 3.63) is 39.5 Å². The van der Waals surface area contributed by atoms with Crippen LogP contribution in [0, 0.1) is 0 Å². The lowest BCUT2D eigenvalue weighted by Gasteiger charge is -1.07. The summed E-state index contributed by atoms with van der Waals surface area (Å²) in [6, 6.07) is 0. The van der Waals surface area contributed by atoms with E-state index in [-0.39, 0.29) is 22.3 Å². The quantitative estimate of drug-likeness (QED) is 0.422. The van der Waals surface area contributed by atoms with Gasteiger partial charge in [-0.05, 0) is 0 Å². The zero-order valence-electron chi connectivity index (χ0n) is 6.24. The summed E-state index contributed by atoms with van der Waals surface area (Å²) in [6.07, 6.45) is 0. The summed E-state index contributed by atoms with van der Waals surface area (Å²) in [5, 5.41) is 0. The predicted molar refractivity (Wildman–Crippen MR) is 65.3 cm³/mol. The first-order valence-electron chi connectivity index (χ1n) is 2.50. The van der Waals surface area contributed by atoms with E-state index in [1.807, 2.05) is 13.8 Å². The zero-order valence-corrected chi connectivity index (χ0v) is 6.24. The Morgan fingerprint density at radius 2 is 0.455 bits per heavy atom. The first-order chi connectivity index (χ1) is 4.00. The van der Waals surface area contributed by atoms with Crippen molar-refractivity contribution in [2.45, 2.75) is 36.1 Å². The largest absolute Gasteiger partial charge is 0.106 e. The van der Waals surface area contributed by atoms with E-state index in [1.54, 1.807) is 0 Å². The Hall–Kier alpha value is -0.780. The Labute approximate surface area is 76.4 Å². The van der Waals surface area contributed by atoms with Gasteiger partial charge < -0.3 is 0 Å². The normalized spacial score (nSPS) is 1.64. The summed E-state index contributed by atoms with van der Waals surface area (Å²) in [5.74, 6) is 0. The van der Waals surface area contributed by atoms with Gasteiger partial charge in [-0.2, -0.15) is 0 Å². The minimum Gasteiger partial charge on any atom is -0.106 e. The molecule has 0 rings (SSSR count). The van der Waals surface area contributed by atoms with E-state index in [9.17, 15) is 0 Å². The molecule has 0 heterocycles. The van der Waals surface area contributed by atoms with Crippen LogP contribution in [0.2, 0.25) is 0 Å². The molecule has 0 N–H and O–H groups in total. The molecule has 0 heteroatoms. The van der Waals surface area contributed by atoms with Crippen molar-refractivity contribution in [3.63, 3.8) is 0 Å². The van der Waals surface area contributed by atoms with E-state index in [0.717, 1.165) is 0 Å². The van der Waals surface area contributed by atoms with Gasteiger partial charge in [0.2, 0.25) is 0 Å². The first-order valence-corrected chi connectivity index (χ1v) is 2.50. The van der Waals surface area contributed by atoms with E-state index in [1.165, 1.54) is 0 Å². The summed E-state index contributed by atoms with van der Waals surface area (Å²) in [5.41, 5.74) is 0. The molecule has 0 radical (unpaired) electrons. The lowest BCUT2D eigenvalue weighted by Crippen LogP contribution is -0.856. The standard InChI is InChI=1S/C2H6.3C2H4.3CH4/c4*1-2;;;/h1-2H3;3*1-2H2;3*1H4. The minimum absolute atomic E-state index is 0. The van der Waals surface area contributed by atoms with Crippen molar-refractivity contribution in [2.24, 2.45) is 0 Å². The maximum Gasteiger partial charge on any atom is -0.0683 e. The molecular weight excluding hydrogens is 132 g/mol. The van der Waals surface area contributed by atoms with Crippen LogP contribution in [0.3, 0.4) is 0 Å². The van der Waals surface area contributed by atoms with Crippen LogP contribution in [0.15, 0.2) is 39.5 Å². The van der Waals surface area contributed by atoms with Gasteiger partial charge in [0.05, 0.1) is 0 Å². The SMILES string of the molecule is C.C.C.C=C.C=C.C=C.CC. The van der Waals surface area contributed by atoms with Crippen LogP contribution in [-0.4, -0.2) is 0 Å². The Morgan fingerprint density at radius 1 is 0.455 bits per heavy atom. The maximum atomic E-state index is 3.00. The van der Waals surface area contributed by atoms with Gasteiger partial charge in [0.1, 0.15) is 0 Å². The maximum absolute atomic E-state index is 3.00. The Bertz CT molecular complexity index is 4.75. The van der Waals surface area contributed by atoms with E-state index in [0.29, 0.717) is 0 Å². The highest BCUT2D eigenvalue weighted by Gasteiger charge is 0.932. The van der Waals surface area contributed by atoms with Crippen molar-refractivity contribution in [2.75, 3.05) is 0 Å². The summed E-state index contributed by atoms with van der Waals surface area (Å²) >= 11 is 0. The van der Waals surface area contributed by atoms with Crippen molar-refractivity contribution < 1.29 is 0 Å². The fraction of sp³-hybridized carbons (Fsp3) is 0.455. The van der Waals surface area contributed by atoms with E-state index < -0.39 is 0 Å². The molecule has 0 aromatic rings. The Balaban J connectivity index is -0.00000000356. The third-order valence-electron chi connectivity index (χ3n) is 0. The summed E-state index contributed by atoms with van der Waals surface area (Å²) in [7, 11) is 0. The second-order valence-corrected chi connectivity index (χ2v) is 0. The van der Waals surface area contributed by atoms with Crippen LogP contribution < -0.4 is 0 Å². The van der Waals surface area contributed by atoms with Crippen LogP contribution in [0.25, 0.3) is 0 Å². The van der Waals surface area contributed by atoms with Gasteiger partial charge in [0, 0.05) is 0 Å². The summed E-state index contributed by atoms with van der Waals surface area (Å²) in [6.45, 7) is 22.0. The van der Waals surface area contributed by atoms with Crippen LogP contribution in [0.4, 0.5) is 0 Å². The van der Waals surface area contributed by atoms with Gasteiger partial charge in [-0.25, -0.2) is 0 Å². The van der Waals surface area contributed by atoms with Crippen molar-refractivity contribution >= 4 is 0 Å². The molecule has 74 valence electrons. The second-order valence-electron chi connectivity index (χ2n) is 0. The molecule has 0 saturated heterocycles. The fourth-order valence-corrected chi connectivity index (χ4v) is 0. The molecule has 0 atom stereocenters. The molecule has 0 aliphatic rings. The molecule has 0 spiro atoms. The Kier molecular flexibility index (Phi) is 7800. The molecule has 0 nitrogen and oxygen atoms in total. The number of hydrogen-bond donors (Lipinski definition) is 0. The van der Waals surface area contributed by atoms with Gasteiger partial charge in [-0.1, -0.05) is 36.1 Å². The summed E-state index contributed by atoms with van der Waals surface area (Å²) in [4.78, 5) is 0. The molecule has 0 aliphatic carbocycles. The summed E-state index contributed by atoms with van der Waals surface area (Å²) < 4.78 is 0. The molecule has 0 amide bonds. The molecular formula is C11H30. The highest BCUT2D eigenvalue weighted by molar-refractivity contribution is 4.22.